The highest BCUT2D eigenvalue weighted by atomic mass is 32.2. The van der Waals surface area contributed by atoms with Crippen LogP contribution in [0.1, 0.15) is 33.0 Å². The van der Waals surface area contributed by atoms with Gasteiger partial charge in [0.25, 0.3) is 0 Å². The fourth-order valence-corrected chi connectivity index (χ4v) is 4.46. The van der Waals surface area contributed by atoms with E-state index in [2.05, 4.69) is 39.6 Å². The van der Waals surface area contributed by atoms with Crippen molar-refractivity contribution in [2.75, 3.05) is 25.0 Å². The van der Waals surface area contributed by atoms with Gasteiger partial charge >= 0.3 is 6.03 Å². The maximum atomic E-state index is 12.3. The number of hydrogen-bond donors (Lipinski definition) is 2. The van der Waals surface area contributed by atoms with Crippen LogP contribution in [0.5, 0.6) is 0 Å². The van der Waals surface area contributed by atoms with Gasteiger partial charge in [0, 0.05) is 20.1 Å². The fourth-order valence-electron chi connectivity index (χ4n) is 3.61. The second-order valence-corrected chi connectivity index (χ2v) is 8.94. The Kier molecular flexibility index (Phi) is 6.83. The molecule has 3 amide bonds. The summed E-state index contributed by atoms with van der Waals surface area (Å²) in [6.07, 6.45) is 2.83. The molecule has 3 heterocycles. The number of piperidine rings is 1. The van der Waals surface area contributed by atoms with Gasteiger partial charge in [-0.2, -0.15) is 0 Å². The maximum absolute atomic E-state index is 12.3. The normalized spacial score (nSPS) is 20.3. The fraction of sp³-hybridized carbons (Fsp3) is 0.579. The van der Waals surface area contributed by atoms with Gasteiger partial charge in [-0.1, -0.05) is 25.6 Å². The second kappa shape index (κ2) is 9.34. The molecule has 10 heteroatoms. The Bertz CT molecular complexity index is 827. The highest BCUT2D eigenvalue weighted by Gasteiger charge is 2.28. The van der Waals surface area contributed by atoms with Crippen molar-refractivity contribution < 1.29 is 14.0 Å². The first-order valence-electron chi connectivity index (χ1n) is 9.77. The average Bonchev–Trinajstić information content (AvgIpc) is 3.31. The van der Waals surface area contributed by atoms with Crippen LogP contribution in [0.3, 0.4) is 0 Å². The molecule has 2 N–H and O–H groups in total. The Balaban J connectivity index is 1.83. The quantitative estimate of drug-likeness (QED) is 0.691. The minimum absolute atomic E-state index is 0.385. The minimum Gasteiger partial charge on any atom is -0.467 e. The second-order valence-electron chi connectivity index (χ2n) is 7.63. The molecule has 3 rings (SSSR count). The third-order valence-electron chi connectivity index (χ3n) is 4.86. The predicted molar refractivity (Wildman–Crippen MR) is 111 cm³/mol. The van der Waals surface area contributed by atoms with E-state index in [1.807, 2.05) is 16.7 Å². The van der Waals surface area contributed by atoms with Crippen LogP contribution >= 0.6 is 11.8 Å². The van der Waals surface area contributed by atoms with E-state index in [-0.39, 0.29) is 5.91 Å². The number of urea groups is 1. The van der Waals surface area contributed by atoms with Gasteiger partial charge in [-0.3, -0.25) is 14.7 Å². The number of amides is 3. The van der Waals surface area contributed by atoms with Crippen LogP contribution < -0.4 is 15.5 Å². The van der Waals surface area contributed by atoms with Crippen molar-refractivity contribution in [1.29, 1.82) is 0 Å². The topological polar surface area (TPSA) is 105 Å². The van der Waals surface area contributed by atoms with Crippen molar-refractivity contribution in [2.24, 2.45) is 11.8 Å². The zero-order valence-corrected chi connectivity index (χ0v) is 18.0. The number of furan rings is 1. The smallest absolute Gasteiger partial charge is 0.321 e. The first-order chi connectivity index (χ1) is 13.9. The molecule has 0 spiro atoms. The summed E-state index contributed by atoms with van der Waals surface area (Å²) in [5, 5.41) is 13.6. The summed E-state index contributed by atoms with van der Waals surface area (Å²) in [6.45, 7) is 8.53. The number of anilines is 1. The molecule has 0 bridgehead atoms. The molecule has 1 saturated heterocycles. The summed E-state index contributed by atoms with van der Waals surface area (Å²) in [5.41, 5.74) is 0. The maximum Gasteiger partial charge on any atom is 0.321 e. The van der Waals surface area contributed by atoms with Crippen LogP contribution in [0.4, 0.5) is 10.7 Å². The summed E-state index contributed by atoms with van der Waals surface area (Å²) in [6, 6.07) is 3.22. The van der Waals surface area contributed by atoms with Gasteiger partial charge in [0.2, 0.25) is 11.9 Å². The van der Waals surface area contributed by atoms with E-state index in [0.29, 0.717) is 23.5 Å². The Labute approximate surface area is 174 Å². The first kappa shape index (κ1) is 21.2. The first-order valence-corrected chi connectivity index (χ1v) is 10.6. The number of nitrogens with zero attached hydrogens (tertiary/aromatic N) is 4. The third-order valence-corrected chi connectivity index (χ3v) is 5.94. The molecule has 0 saturated carbocycles. The molecule has 1 aliphatic rings. The number of imide groups is 1. The molecule has 1 fully saturated rings. The lowest BCUT2D eigenvalue weighted by atomic mass is 9.92. The Morgan fingerprint density at radius 2 is 2.03 bits per heavy atom. The summed E-state index contributed by atoms with van der Waals surface area (Å²) in [5.74, 6) is 2.32. The van der Waals surface area contributed by atoms with Gasteiger partial charge in [-0.05, 0) is 37.3 Å². The zero-order valence-electron chi connectivity index (χ0n) is 17.2. The molecule has 2 aromatic heterocycles. The van der Waals surface area contributed by atoms with Crippen LogP contribution in [0, 0.1) is 11.8 Å². The molecule has 9 nitrogen and oxygen atoms in total. The number of carbonyl (C=O) groups is 2. The molecule has 1 aliphatic heterocycles. The molecule has 3 atom stereocenters. The molecular formula is C19H28N6O3S. The minimum atomic E-state index is -0.531. The van der Waals surface area contributed by atoms with Gasteiger partial charge in [0.1, 0.15) is 5.76 Å². The van der Waals surface area contributed by atoms with Crippen LogP contribution in [0.2, 0.25) is 0 Å². The Morgan fingerprint density at radius 3 is 2.66 bits per heavy atom. The predicted octanol–water partition coefficient (Wildman–Crippen LogP) is 2.34. The largest absolute Gasteiger partial charge is 0.467 e. The summed E-state index contributed by atoms with van der Waals surface area (Å²) in [7, 11) is 1.47. The van der Waals surface area contributed by atoms with Crippen molar-refractivity contribution in [3.05, 3.63) is 24.2 Å². The van der Waals surface area contributed by atoms with Crippen molar-refractivity contribution >= 4 is 29.6 Å². The van der Waals surface area contributed by atoms with E-state index in [1.54, 1.807) is 13.2 Å². The van der Waals surface area contributed by atoms with Gasteiger partial charge in [-0.15, -0.1) is 10.2 Å². The third kappa shape index (κ3) is 5.31. The number of thioether (sulfide) groups is 1. The van der Waals surface area contributed by atoms with Gasteiger partial charge < -0.3 is 14.6 Å². The Morgan fingerprint density at radius 1 is 1.31 bits per heavy atom. The SMILES string of the molecule is CNC(=O)NC(=O)[C@H](C)Sc1nnc(N2C[C@@H](C)C[C@H](C)C2)n1Cc1ccco1. The number of hydrogen-bond acceptors (Lipinski definition) is 7. The highest BCUT2D eigenvalue weighted by Crippen LogP contribution is 2.30. The van der Waals surface area contributed by atoms with Crippen LogP contribution in [-0.2, 0) is 11.3 Å². The number of carbonyl (C=O) groups excluding carboxylic acids is 2. The summed E-state index contributed by atoms with van der Waals surface area (Å²) < 4.78 is 7.51. The highest BCUT2D eigenvalue weighted by molar-refractivity contribution is 8.00. The standard InChI is InChI=1S/C19H28N6O3S/c1-12-8-13(2)10-24(9-12)18-22-23-19(25(18)11-15-6-5-7-28-15)29-14(3)16(26)21-17(27)20-4/h5-7,12-14H,8-11H2,1-4H3,(H2,20,21,26,27)/t12-,13-,14-/m0/s1. The van der Waals surface area contributed by atoms with Gasteiger partial charge in [0.15, 0.2) is 5.16 Å². The molecule has 158 valence electrons. The van der Waals surface area contributed by atoms with E-state index in [1.165, 1.54) is 25.2 Å². The molecule has 0 unspecified atom stereocenters. The van der Waals surface area contributed by atoms with E-state index < -0.39 is 11.3 Å². The van der Waals surface area contributed by atoms with Crippen molar-refractivity contribution in [1.82, 2.24) is 25.4 Å². The van der Waals surface area contributed by atoms with E-state index in [9.17, 15) is 9.59 Å². The average molecular weight is 421 g/mol. The van der Waals surface area contributed by atoms with Crippen molar-refractivity contribution in [3.63, 3.8) is 0 Å². The van der Waals surface area contributed by atoms with E-state index in [4.69, 9.17) is 4.42 Å². The molecule has 0 radical (unpaired) electrons. The molecule has 2 aromatic rings. The van der Waals surface area contributed by atoms with Crippen molar-refractivity contribution in [3.8, 4) is 0 Å². The zero-order chi connectivity index (χ0) is 21.0. The number of aromatic nitrogens is 3. The lowest BCUT2D eigenvalue weighted by Gasteiger charge is -2.35. The number of rotatable bonds is 6. The van der Waals surface area contributed by atoms with Crippen LogP contribution in [0.15, 0.2) is 28.0 Å². The lowest BCUT2D eigenvalue weighted by molar-refractivity contribution is -0.119. The summed E-state index contributed by atoms with van der Waals surface area (Å²) >= 11 is 1.27. The van der Waals surface area contributed by atoms with Crippen molar-refractivity contribution in [2.45, 2.75) is 44.1 Å². The van der Waals surface area contributed by atoms with Gasteiger partial charge in [-0.25, -0.2) is 4.79 Å². The van der Waals surface area contributed by atoms with Crippen LogP contribution in [0.25, 0.3) is 0 Å². The molecular weight excluding hydrogens is 392 g/mol. The van der Waals surface area contributed by atoms with E-state index in [0.717, 1.165) is 24.8 Å². The van der Waals surface area contributed by atoms with Crippen LogP contribution in [-0.4, -0.2) is 52.1 Å². The van der Waals surface area contributed by atoms with E-state index >= 15 is 0 Å². The monoisotopic (exact) mass is 420 g/mol. The number of nitrogens with one attached hydrogen (secondary N) is 2. The Hall–Kier alpha value is -2.49. The molecule has 29 heavy (non-hydrogen) atoms. The molecule has 0 aliphatic carbocycles. The lowest BCUT2D eigenvalue weighted by Crippen LogP contribution is -2.41. The summed E-state index contributed by atoms with van der Waals surface area (Å²) in [4.78, 5) is 25.9. The van der Waals surface area contributed by atoms with Gasteiger partial charge in [0.05, 0.1) is 18.1 Å². The molecule has 0 aromatic carbocycles.